The van der Waals surface area contributed by atoms with Crippen molar-refractivity contribution in [1.82, 2.24) is 9.97 Å². The average Bonchev–Trinajstić information content (AvgIpc) is 2.36. The van der Waals surface area contributed by atoms with Crippen LogP contribution in [0.25, 0.3) is 0 Å². The maximum absolute atomic E-state index is 11.4. The van der Waals surface area contributed by atoms with Crippen LogP contribution < -0.4 is 16.2 Å². The van der Waals surface area contributed by atoms with Crippen LogP contribution in [0.3, 0.4) is 0 Å². The highest BCUT2D eigenvalue weighted by Gasteiger charge is 2.08. The van der Waals surface area contributed by atoms with E-state index in [1.54, 1.807) is 6.92 Å². The van der Waals surface area contributed by atoms with Gasteiger partial charge in [-0.25, -0.2) is 4.98 Å². The molecule has 0 saturated carbocycles. The van der Waals surface area contributed by atoms with Gasteiger partial charge in [-0.1, -0.05) is 12.1 Å². The molecule has 110 valence electrons. The second-order valence-electron chi connectivity index (χ2n) is 4.89. The molecule has 0 fully saturated rings. The molecule has 1 unspecified atom stereocenters. The number of hydrogen-bond acceptors (Lipinski definition) is 4. The standard InChI is InChI=1S/C15H18N4O2/c1-9(16-14-8-15(21)18-10(2)17-14)12-5-4-6-13(7-12)19-11(3)20/h4-9H,1-3H3,(H,19,20)(H2,16,17,18,21). The summed E-state index contributed by atoms with van der Waals surface area (Å²) in [6, 6.07) is 8.90. The van der Waals surface area contributed by atoms with E-state index in [0.717, 1.165) is 11.3 Å². The van der Waals surface area contributed by atoms with Crippen LogP contribution in [0.5, 0.6) is 0 Å². The first-order valence-electron chi connectivity index (χ1n) is 6.66. The maximum atomic E-state index is 11.4. The van der Waals surface area contributed by atoms with Crippen LogP contribution >= 0.6 is 0 Å². The smallest absolute Gasteiger partial charge is 0.252 e. The highest BCUT2D eigenvalue weighted by molar-refractivity contribution is 5.88. The number of amides is 1. The molecule has 6 nitrogen and oxygen atoms in total. The number of H-pyrrole nitrogens is 1. The maximum Gasteiger partial charge on any atom is 0.252 e. The number of nitrogens with zero attached hydrogens (tertiary/aromatic N) is 1. The van der Waals surface area contributed by atoms with Crippen molar-refractivity contribution >= 4 is 17.4 Å². The fourth-order valence-electron chi connectivity index (χ4n) is 2.05. The number of aromatic nitrogens is 2. The van der Waals surface area contributed by atoms with Gasteiger partial charge < -0.3 is 15.6 Å². The number of benzene rings is 1. The molecule has 3 N–H and O–H groups in total. The van der Waals surface area contributed by atoms with Crippen molar-refractivity contribution in [3.8, 4) is 0 Å². The molecule has 0 radical (unpaired) electrons. The lowest BCUT2D eigenvalue weighted by molar-refractivity contribution is -0.114. The molecule has 2 rings (SSSR count). The third kappa shape index (κ3) is 4.17. The summed E-state index contributed by atoms with van der Waals surface area (Å²) in [4.78, 5) is 29.3. The molecule has 0 aliphatic heterocycles. The Kier molecular flexibility index (Phi) is 4.37. The van der Waals surface area contributed by atoms with Crippen molar-refractivity contribution in [1.29, 1.82) is 0 Å². The third-order valence-electron chi connectivity index (χ3n) is 2.93. The monoisotopic (exact) mass is 286 g/mol. The SMILES string of the molecule is CC(=O)Nc1cccc(C(C)Nc2cc(=O)[nH]c(C)n2)c1. The molecule has 1 aromatic heterocycles. The number of nitrogens with one attached hydrogen (secondary N) is 3. The van der Waals surface area contributed by atoms with Gasteiger partial charge in [0.25, 0.3) is 5.56 Å². The van der Waals surface area contributed by atoms with E-state index in [1.807, 2.05) is 31.2 Å². The lowest BCUT2D eigenvalue weighted by atomic mass is 10.1. The zero-order chi connectivity index (χ0) is 15.4. The molecule has 1 amide bonds. The minimum Gasteiger partial charge on any atom is -0.363 e. The van der Waals surface area contributed by atoms with Crippen LogP contribution in [-0.2, 0) is 4.79 Å². The highest BCUT2D eigenvalue weighted by atomic mass is 16.1. The topological polar surface area (TPSA) is 86.9 Å². The first-order valence-corrected chi connectivity index (χ1v) is 6.66. The van der Waals surface area contributed by atoms with Crippen molar-refractivity contribution in [2.75, 3.05) is 10.6 Å². The summed E-state index contributed by atoms with van der Waals surface area (Å²) >= 11 is 0. The van der Waals surface area contributed by atoms with Gasteiger partial charge in [0.05, 0.1) is 6.04 Å². The van der Waals surface area contributed by atoms with Gasteiger partial charge in [0.2, 0.25) is 5.91 Å². The van der Waals surface area contributed by atoms with E-state index >= 15 is 0 Å². The Bertz CT molecular complexity index is 709. The molecule has 0 aliphatic rings. The lowest BCUT2D eigenvalue weighted by Crippen LogP contribution is -2.14. The Balaban J connectivity index is 2.17. The number of carbonyl (C=O) groups excluding carboxylic acids is 1. The van der Waals surface area contributed by atoms with Gasteiger partial charge in [-0.3, -0.25) is 9.59 Å². The molecule has 0 spiro atoms. The summed E-state index contributed by atoms with van der Waals surface area (Å²) in [5.41, 5.74) is 1.54. The predicted molar refractivity (Wildman–Crippen MR) is 82.4 cm³/mol. The normalized spacial score (nSPS) is 11.8. The molecular weight excluding hydrogens is 268 g/mol. The predicted octanol–water partition coefficient (Wildman–Crippen LogP) is 2.21. The van der Waals surface area contributed by atoms with Crippen molar-refractivity contribution < 1.29 is 4.79 Å². The molecule has 0 saturated heterocycles. The van der Waals surface area contributed by atoms with Crippen molar-refractivity contribution in [3.05, 3.63) is 52.1 Å². The molecule has 0 bridgehead atoms. The van der Waals surface area contributed by atoms with Crippen LogP contribution in [-0.4, -0.2) is 15.9 Å². The number of rotatable bonds is 4. The summed E-state index contributed by atoms with van der Waals surface area (Å²) in [5, 5.41) is 5.92. The van der Waals surface area contributed by atoms with E-state index in [4.69, 9.17) is 0 Å². The van der Waals surface area contributed by atoms with Gasteiger partial charge >= 0.3 is 0 Å². The van der Waals surface area contributed by atoms with Gasteiger partial charge in [0, 0.05) is 18.7 Å². The third-order valence-corrected chi connectivity index (χ3v) is 2.93. The summed E-state index contributed by atoms with van der Waals surface area (Å²) in [7, 11) is 0. The van der Waals surface area contributed by atoms with Crippen molar-refractivity contribution in [2.24, 2.45) is 0 Å². The van der Waals surface area contributed by atoms with Crippen LogP contribution in [0.15, 0.2) is 35.1 Å². The van der Waals surface area contributed by atoms with E-state index in [2.05, 4.69) is 20.6 Å². The first-order chi connectivity index (χ1) is 9.94. The molecule has 1 aromatic carbocycles. The molecule has 1 heterocycles. The van der Waals surface area contributed by atoms with Crippen LogP contribution in [0.1, 0.15) is 31.3 Å². The minimum absolute atomic E-state index is 0.0487. The average molecular weight is 286 g/mol. The number of aromatic amines is 1. The van der Waals surface area contributed by atoms with Crippen LogP contribution in [0, 0.1) is 6.92 Å². The molecule has 21 heavy (non-hydrogen) atoms. The molecule has 2 aromatic rings. The number of hydrogen-bond donors (Lipinski definition) is 3. The number of carbonyl (C=O) groups is 1. The Morgan fingerprint density at radius 2 is 2.10 bits per heavy atom. The zero-order valence-corrected chi connectivity index (χ0v) is 12.2. The molecule has 1 atom stereocenters. The Labute approximate surface area is 122 Å². The number of anilines is 2. The molecule has 6 heteroatoms. The zero-order valence-electron chi connectivity index (χ0n) is 12.2. The van der Waals surface area contributed by atoms with Gasteiger partial charge in [-0.05, 0) is 31.5 Å². The minimum atomic E-state index is -0.191. The largest absolute Gasteiger partial charge is 0.363 e. The summed E-state index contributed by atoms with van der Waals surface area (Å²) in [6.07, 6.45) is 0. The van der Waals surface area contributed by atoms with E-state index in [-0.39, 0.29) is 17.5 Å². The van der Waals surface area contributed by atoms with Crippen LogP contribution in [0.2, 0.25) is 0 Å². The molecular formula is C15H18N4O2. The molecule has 0 aliphatic carbocycles. The second-order valence-corrected chi connectivity index (χ2v) is 4.89. The highest BCUT2D eigenvalue weighted by Crippen LogP contribution is 2.20. The van der Waals surface area contributed by atoms with Gasteiger partial charge in [-0.15, -0.1) is 0 Å². The van der Waals surface area contributed by atoms with E-state index < -0.39 is 0 Å². The van der Waals surface area contributed by atoms with Gasteiger partial charge in [0.15, 0.2) is 0 Å². The summed E-state index contributed by atoms with van der Waals surface area (Å²) in [5.74, 6) is 0.970. The summed E-state index contributed by atoms with van der Waals surface area (Å²) < 4.78 is 0. The quantitative estimate of drug-likeness (QED) is 0.804. The van der Waals surface area contributed by atoms with Crippen molar-refractivity contribution in [3.63, 3.8) is 0 Å². The van der Waals surface area contributed by atoms with E-state index in [1.165, 1.54) is 13.0 Å². The summed E-state index contributed by atoms with van der Waals surface area (Å²) in [6.45, 7) is 5.16. The number of aryl methyl sites for hydroxylation is 1. The Hall–Kier alpha value is -2.63. The van der Waals surface area contributed by atoms with Crippen LogP contribution in [0.4, 0.5) is 11.5 Å². The van der Waals surface area contributed by atoms with Gasteiger partial charge in [-0.2, -0.15) is 0 Å². The fourth-order valence-corrected chi connectivity index (χ4v) is 2.05. The van der Waals surface area contributed by atoms with Crippen molar-refractivity contribution in [2.45, 2.75) is 26.8 Å². The van der Waals surface area contributed by atoms with E-state index in [9.17, 15) is 9.59 Å². The Morgan fingerprint density at radius 1 is 1.33 bits per heavy atom. The van der Waals surface area contributed by atoms with Gasteiger partial charge in [0.1, 0.15) is 11.6 Å². The van der Waals surface area contributed by atoms with E-state index in [0.29, 0.717) is 11.6 Å². The second kappa shape index (κ2) is 6.21. The lowest BCUT2D eigenvalue weighted by Gasteiger charge is -2.16. The Morgan fingerprint density at radius 3 is 2.76 bits per heavy atom. The fraction of sp³-hybridized carbons (Fsp3) is 0.267. The first kappa shape index (κ1) is 14.8.